The molecule has 0 spiro atoms. The molecule has 0 aliphatic heterocycles. The fourth-order valence-corrected chi connectivity index (χ4v) is 2.00. The van der Waals surface area contributed by atoms with Gasteiger partial charge in [0.15, 0.2) is 0 Å². The van der Waals surface area contributed by atoms with Gasteiger partial charge < -0.3 is 15.2 Å². The van der Waals surface area contributed by atoms with Crippen LogP contribution in [0.25, 0.3) is 0 Å². The number of primary amides is 1. The molecule has 0 radical (unpaired) electrons. The average molecular weight is 289 g/mol. The monoisotopic (exact) mass is 289 g/mol. The molecule has 0 aromatic heterocycles. The predicted octanol–water partition coefficient (Wildman–Crippen LogP) is 2.98. The molecule has 0 atom stereocenters. The first kappa shape index (κ1) is 14.8. The van der Waals surface area contributed by atoms with Gasteiger partial charge >= 0.3 is 0 Å². The minimum atomic E-state index is -1.04. The van der Waals surface area contributed by atoms with Crippen LogP contribution in [0.15, 0.2) is 42.5 Å². The van der Waals surface area contributed by atoms with Crippen LogP contribution in [0.2, 0.25) is 0 Å². The maximum Gasteiger partial charge on any atom is 0.252 e. The number of carbonyl (C=O) groups excluding carboxylic acids is 1. The first-order chi connectivity index (χ1) is 10.1. The van der Waals surface area contributed by atoms with E-state index < -0.39 is 12.8 Å². The molecule has 0 fully saturated rings. The zero-order valence-corrected chi connectivity index (χ0v) is 11.6. The summed E-state index contributed by atoms with van der Waals surface area (Å²) in [5, 5.41) is 0. The minimum Gasteiger partial charge on any atom is -0.488 e. The Kier molecular flexibility index (Phi) is 4.77. The molecule has 0 aliphatic rings. The van der Waals surface area contributed by atoms with E-state index in [-0.39, 0.29) is 11.3 Å². The van der Waals surface area contributed by atoms with Gasteiger partial charge in [0.05, 0.1) is 5.56 Å². The molecule has 4 nitrogen and oxygen atoms in total. The normalized spacial score (nSPS) is 10.2. The number of nitrogens with two attached hydrogens (primary N) is 1. The molecule has 110 valence electrons. The minimum absolute atomic E-state index is 0.121. The van der Waals surface area contributed by atoms with Gasteiger partial charge in [0.2, 0.25) is 6.86 Å². The van der Waals surface area contributed by atoms with Gasteiger partial charge in [-0.15, -0.1) is 0 Å². The largest absolute Gasteiger partial charge is 0.488 e. The zero-order chi connectivity index (χ0) is 15.2. The Morgan fingerprint density at radius 1 is 1.14 bits per heavy atom. The SMILES string of the molecule is Cc1c(OCc2ccccc2)ccc(C(N)=O)c1OCF. The van der Waals surface area contributed by atoms with Gasteiger partial charge in [0, 0.05) is 5.56 Å². The lowest BCUT2D eigenvalue weighted by Crippen LogP contribution is -2.14. The zero-order valence-electron chi connectivity index (χ0n) is 11.6. The molecule has 2 N–H and O–H groups in total. The van der Waals surface area contributed by atoms with Crippen molar-refractivity contribution >= 4 is 5.91 Å². The van der Waals surface area contributed by atoms with Crippen LogP contribution < -0.4 is 15.2 Å². The van der Waals surface area contributed by atoms with Crippen LogP contribution in [0.1, 0.15) is 21.5 Å². The van der Waals surface area contributed by atoms with E-state index in [9.17, 15) is 9.18 Å². The molecule has 5 heteroatoms. The topological polar surface area (TPSA) is 61.5 Å². The van der Waals surface area contributed by atoms with E-state index in [1.165, 1.54) is 6.07 Å². The summed E-state index contributed by atoms with van der Waals surface area (Å²) in [5.41, 5.74) is 6.93. The predicted molar refractivity (Wildman–Crippen MR) is 77.1 cm³/mol. The Morgan fingerprint density at radius 3 is 2.48 bits per heavy atom. The number of hydrogen-bond donors (Lipinski definition) is 1. The average Bonchev–Trinajstić information content (AvgIpc) is 2.49. The van der Waals surface area contributed by atoms with Gasteiger partial charge in [0.1, 0.15) is 18.1 Å². The lowest BCUT2D eigenvalue weighted by Gasteiger charge is -2.15. The van der Waals surface area contributed by atoms with Gasteiger partial charge in [0.25, 0.3) is 5.91 Å². The number of alkyl halides is 1. The van der Waals surface area contributed by atoms with E-state index in [2.05, 4.69) is 0 Å². The van der Waals surface area contributed by atoms with Gasteiger partial charge in [-0.2, -0.15) is 0 Å². The van der Waals surface area contributed by atoms with Crippen molar-refractivity contribution in [2.24, 2.45) is 5.73 Å². The number of ether oxygens (including phenoxy) is 2. The molecule has 1 amide bonds. The van der Waals surface area contributed by atoms with E-state index >= 15 is 0 Å². The van der Waals surface area contributed by atoms with Gasteiger partial charge in [-0.05, 0) is 24.6 Å². The molecule has 0 unspecified atom stereocenters. The second-order valence-corrected chi connectivity index (χ2v) is 4.46. The standard InChI is InChI=1S/C16H16FNO3/c1-11-14(20-9-12-5-3-2-4-6-12)8-7-13(16(18)19)15(11)21-10-17/h2-8H,9-10H2,1H3,(H2,18,19). The Labute approximate surface area is 122 Å². The lowest BCUT2D eigenvalue weighted by atomic mass is 10.1. The number of amides is 1. The summed E-state index contributed by atoms with van der Waals surface area (Å²) >= 11 is 0. The second kappa shape index (κ2) is 6.74. The summed E-state index contributed by atoms with van der Waals surface area (Å²) in [7, 11) is 0. The summed E-state index contributed by atoms with van der Waals surface area (Å²) in [6.45, 7) is 1.02. The van der Waals surface area contributed by atoms with Crippen molar-refractivity contribution in [3.05, 3.63) is 59.2 Å². The van der Waals surface area contributed by atoms with Crippen molar-refractivity contribution in [2.75, 3.05) is 6.86 Å². The van der Waals surface area contributed by atoms with Crippen LogP contribution >= 0.6 is 0 Å². The van der Waals surface area contributed by atoms with Crippen LogP contribution in [-0.2, 0) is 6.61 Å². The Balaban J connectivity index is 2.24. The molecule has 0 bridgehead atoms. The summed E-state index contributed by atoms with van der Waals surface area (Å²) < 4.78 is 23.0. The summed E-state index contributed by atoms with van der Waals surface area (Å²) in [6.07, 6.45) is 0. The van der Waals surface area contributed by atoms with Crippen molar-refractivity contribution in [3.63, 3.8) is 0 Å². The van der Waals surface area contributed by atoms with E-state index in [0.29, 0.717) is 17.9 Å². The third kappa shape index (κ3) is 3.51. The van der Waals surface area contributed by atoms with Crippen molar-refractivity contribution in [3.8, 4) is 11.5 Å². The Morgan fingerprint density at radius 2 is 1.86 bits per heavy atom. The molecule has 21 heavy (non-hydrogen) atoms. The number of rotatable bonds is 6. The summed E-state index contributed by atoms with van der Waals surface area (Å²) in [4.78, 5) is 11.3. The lowest BCUT2D eigenvalue weighted by molar-refractivity contribution is 0.0992. The molecule has 2 aromatic carbocycles. The summed E-state index contributed by atoms with van der Waals surface area (Å²) in [6, 6.07) is 12.7. The Hall–Kier alpha value is -2.56. The van der Waals surface area contributed by atoms with Crippen LogP contribution in [0.5, 0.6) is 11.5 Å². The fourth-order valence-electron chi connectivity index (χ4n) is 2.00. The highest BCUT2D eigenvalue weighted by Crippen LogP contribution is 2.32. The van der Waals surface area contributed by atoms with Crippen LogP contribution in [0.4, 0.5) is 4.39 Å². The molecule has 2 rings (SSSR count). The van der Waals surface area contributed by atoms with Crippen molar-refractivity contribution in [1.82, 2.24) is 0 Å². The van der Waals surface area contributed by atoms with Gasteiger partial charge in [-0.25, -0.2) is 4.39 Å². The number of hydrogen-bond acceptors (Lipinski definition) is 3. The fraction of sp³-hybridized carbons (Fsp3) is 0.188. The van der Waals surface area contributed by atoms with E-state index in [4.69, 9.17) is 15.2 Å². The molecular formula is C16H16FNO3. The van der Waals surface area contributed by atoms with Crippen molar-refractivity contribution < 1.29 is 18.7 Å². The van der Waals surface area contributed by atoms with Crippen LogP contribution in [-0.4, -0.2) is 12.8 Å². The second-order valence-electron chi connectivity index (χ2n) is 4.46. The molecule has 0 saturated heterocycles. The number of benzene rings is 2. The molecular weight excluding hydrogens is 273 g/mol. The Bertz CT molecular complexity index is 629. The third-order valence-electron chi connectivity index (χ3n) is 3.06. The smallest absolute Gasteiger partial charge is 0.252 e. The van der Waals surface area contributed by atoms with Crippen molar-refractivity contribution in [1.29, 1.82) is 0 Å². The van der Waals surface area contributed by atoms with E-state index in [0.717, 1.165) is 5.56 Å². The van der Waals surface area contributed by atoms with E-state index in [1.807, 2.05) is 30.3 Å². The maximum atomic E-state index is 12.5. The van der Waals surface area contributed by atoms with Gasteiger partial charge in [-0.3, -0.25) is 4.79 Å². The van der Waals surface area contributed by atoms with Crippen LogP contribution in [0.3, 0.4) is 0 Å². The highest BCUT2D eigenvalue weighted by atomic mass is 19.1. The number of halogens is 1. The molecule has 0 aliphatic carbocycles. The number of carbonyl (C=O) groups is 1. The maximum absolute atomic E-state index is 12.5. The first-order valence-electron chi connectivity index (χ1n) is 6.42. The third-order valence-corrected chi connectivity index (χ3v) is 3.06. The quantitative estimate of drug-likeness (QED) is 0.889. The van der Waals surface area contributed by atoms with E-state index in [1.54, 1.807) is 13.0 Å². The van der Waals surface area contributed by atoms with Crippen molar-refractivity contribution in [2.45, 2.75) is 13.5 Å². The molecule has 0 saturated carbocycles. The summed E-state index contributed by atoms with van der Waals surface area (Å²) in [5.74, 6) is -0.0287. The highest BCUT2D eigenvalue weighted by molar-refractivity contribution is 5.96. The highest BCUT2D eigenvalue weighted by Gasteiger charge is 2.16. The first-order valence-corrected chi connectivity index (χ1v) is 6.42. The molecule has 0 heterocycles. The van der Waals surface area contributed by atoms with Crippen LogP contribution in [0, 0.1) is 6.92 Å². The van der Waals surface area contributed by atoms with Gasteiger partial charge in [-0.1, -0.05) is 30.3 Å². The molecule has 2 aromatic rings.